The second-order valence-corrected chi connectivity index (χ2v) is 4.29. The zero-order valence-electron chi connectivity index (χ0n) is 9.44. The molecule has 0 unspecified atom stereocenters. The summed E-state index contributed by atoms with van der Waals surface area (Å²) >= 11 is 1.20. The van der Waals surface area contributed by atoms with Crippen molar-refractivity contribution in [1.82, 2.24) is 9.97 Å². The van der Waals surface area contributed by atoms with Crippen LogP contribution in [0.3, 0.4) is 0 Å². The zero-order valence-corrected chi connectivity index (χ0v) is 10.3. The van der Waals surface area contributed by atoms with Gasteiger partial charge in [-0.2, -0.15) is 10.2 Å². The van der Waals surface area contributed by atoms with Crippen molar-refractivity contribution in [2.45, 2.75) is 10.9 Å². The molecular formula is C10H7N5O3S. The largest absolute Gasteiger partial charge is 0.450 e. The van der Waals surface area contributed by atoms with Gasteiger partial charge >= 0.3 is 5.69 Å². The fourth-order valence-corrected chi connectivity index (χ4v) is 1.95. The van der Waals surface area contributed by atoms with Gasteiger partial charge in [-0.25, -0.2) is 4.98 Å². The molecular weight excluding hydrogens is 270 g/mol. The van der Waals surface area contributed by atoms with E-state index in [1.54, 1.807) is 12.1 Å². The Morgan fingerprint density at radius 3 is 2.95 bits per heavy atom. The molecule has 0 saturated heterocycles. The molecule has 0 aliphatic carbocycles. The summed E-state index contributed by atoms with van der Waals surface area (Å²) < 4.78 is 5.17. The number of nitriles is 1. The number of anilines is 1. The summed E-state index contributed by atoms with van der Waals surface area (Å²) in [5, 5.41) is 19.4. The number of hydrogen-bond donors (Lipinski definition) is 1. The molecule has 2 N–H and O–H groups in total. The van der Waals surface area contributed by atoms with E-state index in [9.17, 15) is 10.1 Å². The summed E-state index contributed by atoms with van der Waals surface area (Å²) in [5.74, 6) is 1.03. The minimum Gasteiger partial charge on any atom is -0.450 e. The number of nitrogen functional groups attached to an aromatic ring is 1. The molecule has 2 heterocycles. The fourth-order valence-electron chi connectivity index (χ4n) is 1.23. The third-order valence-electron chi connectivity index (χ3n) is 2.09. The lowest BCUT2D eigenvalue weighted by atomic mass is 10.4. The molecule has 0 spiro atoms. The minimum atomic E-state index is -0.643. The number of aromatic nitrogens is 2. The first-order chi connectivity index (χ1) is 9.10. The van der Waals surface area contributed by atoms with Gasteiger partial charge in [0.15, 0.2) is 5.16 Å². The van der Waals surface area contributed by atoms with E-state index in [1.807, 2.05) is 6.07 Å². The second kappa shape index (κ2) is 5.36. The lowest BCUT2D eigenvalue weighted by molar-refractivity contribution is -0.384. The normalized spacial score (nSPS) is 10.1. The highest BCUT2D eigenvalue weighted by atomic mass is 32.2. The van der Waals surface area contributed by atoms with Crippen LogP contribution < -0.4 is 5.73 Å². The van der Waals surface area contributed by atoms with Crippen molar-refractivity contribution >= 4 is 23.3 Å². The molecule has 19 heavy (non-hydrogen) atoms. The lowest BCUT2D eigenvalue weighted by Gasteiger charge is -1.99. The van der Waals surface area contributed by atoms with Gasteiger partial charge in [-0.1, -0.05) is 11.8 Å². The van der Waals surface area contributed by atoms with Crippen LogP contribution in [-0.2, 0) is 5.75 Å². The van der Waals surface area contributed by atoms with E-state index in [-0.39, 0.29) is 17.3 Å². The Kier molecular flexibility index (Phi) is 3.63. The van der Waals surface area contributed by atoms with Crippen molar-refractivity contribution in [2.24, 2.45) is 0 Å². The summed E-state index contributed by atoms with van der Waals surface area (Å²) in [5.41, 5.74) is 5.12. The van der Waals surface area contributed by atoms with Gasteiger partial charge in [-0.05, 0) is 12.1 Å². The molecule has 9 heteroatoms. The third kappa shape index (κ3) is 2.99. The minimum absolute atomic E-state index is 0.181. The average molecular weight is 277 g/mol. The maximum absolute atomic E-state index is 10.5. The predicted octanol–water partition coefficient (Wildman–Crippen LogP) is 1.72. The molecule has 0 bridgehead atoms. The van der Waals surface area contributed by atoms with E-state index < -0.39 is 4.92 Å². The molecule has 2 rings (SSSR count). The SMILES string of the molecule is N#Cc1ccc(CSc2ncc([N+](=O)[O-])c(N)n2)o1. The number of nitrogens with zero attached hydrogens (tertiary/aromatic N) is 4. The molecule has 0 atom stereocenters. The van der Waals surface area contributed by atoms with Crippen LogP contribution in [0.1, 0.15) is 11.5 Å². The zero-order chi connectivity index (χ0) is 13.8. The molecule has 0 amide bonds. The Morgan fingerprint density at radius 2 is 2.37 bits per heavy atom. The first kappa shape index (κ1) is 12.8. The summed E-state index contributed by atoms with van der Waals surface area (Å²) in [6, 6.07) is 5.10. The van der Waals surface area contributed by atoms with Gasteiger partial charge in [-0.15, -0.1) is 0 Å². The van der Waals surface area contributed by atoms with Crippen LogP contribution in [-0.4, -0.2) is 14.9 Å². The first-order valence-corrected chi connectivity index (χ1v) is 5.97. The molecule has 0 aromatic carbocycles. The Balaban J connectivity index is 2.06. The van der Waals surface area contributed by atoms with Crippen molar-refractivity contribution < 1.29 is 9.34 Å². The van der Waals surface area contributed by atoms with Gasteiger partial charge in [0.05, 0.1) is 10.7 Å². The van der Waals surface area contributed by atoms with Crippen LogP contribution in [0.2, 0.25) is 0 Å². The molecule has 0 aliphatic rings. The number of rotatable bonds is 4. The van der Waals surface area contributed by atoms with Crippen LogP contribution in [0.25, 0.3) is 0 Å². The van der Waals surface area contributed by atoms with E-state index in [0.717, 1.165) is 6.20 Å². The van der Waals surface area contributed by atoms with Crippen molar-refractivity contribution in [3.05, 3.63) is 40.0 Å². The molecule has 0 radical (unpaired) electrons. The summed E-state index contributed by atoms with van der Waals surface area (Å²) in [6.45, 7) is 0. The highest BCUT2D eigenvalue weighted by Gasteiger charge is 2.14. The van der Waals surface area contributed by atoms with E-state index in [0.29, 0.717) is 16.7 Å². The number of furan rings is 1. The highest BCUT2D eigenvalue weighted by Crippen LogP contribution is 2.24. The maximum Gasteiger partial charge on any atom is 0.329 e. The summed E-state index contributed by atoms with van der Waals surface area (Å²) in [6.07, 6.45) is 1.06. The quantitative estimate of drug-likeness (QED) is 0.386. The van der Waals surface area contributed by atoms with Gasteiger partial charge in [0.25, 0.3) is 0 Å². The summed E-state index contributed by atoms with van der Waals surface area (Å²) in [7, 11) is 0. The van der Waals surface area contributed by atoms with Crippen LogP contribution in [0.15, 0.2) is 27.9 Å². The fraction of sp³-hybridized carbons (Fsp3) is 0.100. The van der Waals surface area contributed by atoms with Gasteiger partial charge in [0.1, 0.15) is 18.0 Å². The molecule has 2 aromatic heterocycles. The van der Waals surface area contributed by atoms with Gasteiger partial charge < -0.3 is 10.2 Å². The second-order valence-electron chi connectivity index (χ2n) is 3.35. The smallest absolute Gasteiger partial charge is 0.329 e. The van der Waals surface area contributed by atoms with Crippen molar-refractivity contribution in [2.75, 3.05) is 5.73 Å². The predicted molar refractivity (Wildman–Crippen MR) is 66.1 cm³/mol. The molecule has 0 aliphatic heterocycles. The van der Waals surface area contributed by atoms with Gasteiger partial charge in [-0.3, -0.25) is 10.1 Å². The Bertz CT molecular complexity index is 663. The molecule has 96 valence electrons. The monoisotopic (exact) mass is 277 g/mol. The molecule has 8 nitrogen and oxygen atoms in total. The Hall–Kier alpha value is -2.60. The standard InChI is InChI=1S/C10H7N5O3S/c11-3-6-1-2-7(18-6)5-19-10-13-4-8(15(16)17)9(12)14-10/h1-2,4H,5H2,(H2,12,13,14). The van der Waals surface area contributed by atoms with Crippen LogP contribution >= 0.6 is 11.8 Å². The van der Waals surface area contributed by atoms with Crippen LogP contribution in [0.4, 0.5) is 11.5 Å². The van der Waals surface area contributed by atoms with E-state index in [4.69, 9.17) is 15.4 Å². The van der Waals surface area contributed by atoms with E-state index in [1.165, 1.54) is 11.8 Å². The average Bonchev–Trinajstić information content (AvgIpc) is 2.84. The van der Waals surface area contributed by atoms with Gasteiger partial charge in [0, 0.05) is 0 Å². The van der Waals surface area contributed by atoms with Crippen molar-refractivity contribution in [3.63, 3.8) is 0 Å². The Morgan fingerprint density at radius 1 is 1.58 bits per heavy atom. The van der Waals surface area contributed by atoms with Crippen molar-refractivity contribution in [3.8, 4) is 6.07 Å². The van der Waals surface area contributed by atoms with Gasteiger partial charge in [0.2, 0.25) is 11.6 Å². The molecule has 0 saturated carbocycles. The lowest BCUT2D eigenvalue weighted by Crippen LogP contribution is -2.01. The number of nitro groups is 1. The summed E-state index contributed by atoms with van der Waals surface area (Å²) in [4.78, 5) is 17.5. The van der Waals surface area contributed by atoms with Crippen molar-refractivity contribution in [1.29, 1.82) is 5.26 Å². The number of hydrogen-bond acceptors (Lipinski definition) is 8. The molecule has 0 fully saturated rings. The first-order valence-electron chi connectivity index (χ1n) is 4.98. The van der Waals surface area contributed by atoms with E-state index in [2.05, 4.69) is 9.97 Å². The van der Waals surface area contributed by atoms with Crippen LogP contribution in [0.5, 0.6) is 0 Å². The number of nitrogens with two attached hydrogens (primary N) is 1. The third-order valence-corrected chi connectivity index (χ3v) is 2.97. The topological polar surface area (TPSA) is 132 Å². The Labute approximate surface area is 111 Å². The molecule has 2 aromatic rings. The highest BCUT2D eigenvalue weighted by molar-refractivity contribution is 7.98. The van der Waals surface area contributed by atoms with E-state index >= 15 is 0 Å². The maximum atomic E-state index is 10.5. The van der Waals surface area contributed by atoms with Crippen LogP contribution in [0, 0.1) is 21.4 Å². The number of thioether (sulfide) groups is 1.